The first kappa shape index (κ1) is 9.96. The van der Waals surface area contributed by atoms with E-state index in [0.717, 1.165) is 0 Å². The predicted octanol–water partition coefficient (Wildman–Crippen LogP) is 0.583. The van der Waals surface area contributed by atoms with E-state index in [1.165, 1.54) is 25.7 Å². The van der Waals surface area contributed by atoms with Gasteiger partial charge >= 0.3 is 0 Å². The van der Waals surface area contributed by atoms with Crippen LogP contribution in [0.3, 0.4) is 0 Å². The van der Waals surface area contributed by atoms with E-state index in [1.54, 1.807) is 0 Å². The molecule has 1 fully saturated rings. The smallest absolute Gasteiger partial charge is 0.0368 e. The summed E-state index contributed by atoms with van der Waals surface area (Å²) in [5, 5.41) is 0. The lowest BCUT2D eigenvalue weighted by Crippen LogP contribution is -2.52. The third kappa shape index (κ3) is 2.44. The first-order valence-electron chi connectivity index (χ1n) is 4.84. The average molecular weight is 171 g/mol. The minimum absolute atomic E-state index is 0.624. The highest BCUT2D eigenvalue weighted by atomic mass is 15.4. The molecule has 2 unspecified atom stereocenters. The highest BCUT2D eigenvalue weighted by Crippen LogP contribution is 2.20. The zero-order chi connectivity index (χ0) is 8.97. The van der Waals surface area contributed by atoms with Crippen LogP contribution in [0, 0.1) is 0 Å². The highest BCUT2D eigenvalue weighted by Gasteiger charge is 2.25. The van der Waals surface area contributed by atoms with E-state index in [0.29, 0.717) is 12.1 Å². The Morgan fingerprint density at radius 2 is 1.83 bits per heavy atom. The van der Waals surface area contributed by atoms with Gasteiger partial charge in [-0.05, 0) is 34.0 Å². The minimum atomic E-state index is 0.624. The van der Waals surface area contributed by atoms with Gasteiger partial charge in [0.2, 0.25) is 0 Å². The van der Waals surface area contributed by atoms with Crippen molar-refractivity contribution in [2.75, 3.05) is 21.1 Å². The molecule has 0 aromatic rings. The summed E-state index contributed by atoms with van der Waals surface area (Å²) < 4.78 is 0. The molecule has 0 spiro atoms. The molecule has 1 rings (SSSR count). The molecule has 0 aromatic heterocycles. The monoisotopic (exact) mass is 171 g/mol. The summed E-state index contributed by atoms with van der Waals surface area (Å²) in [4.78, 5) is 2.33. The fourth-order valence-electron chi connectivity index (χ4n) is 2.08. The molecule has 0 radical (unpaired) electrons. The van der Waals surface area contributed by atoms with Crippen molar-refractivity contribution < 1.29 is 0 Å². The van der Waals surface area contributed by atoms with E-state index >= 15 is 0 Å². The predicted molar refractivity (Wildman–Crippen MR) is 51.9 cm³/mol. The number of hydrogen-bond donors (Lipinski definition) is 2. The zero-order valence-electron chi connectivity index (χ0n) is 8.43. The van der Waals surface area contributed by atoms with Crippen LogP contribution in [0.15, 0.2) is 0 Å². The number of nitrogens with zero attached hydrogens (tertiary/aromatic N) is 1. The first-order chi connectivity index (χ1) is 5.75. The summed E-state index contributed by atoms with van der Waals surface area (Å²) in [5.41, 5.74) is 6.37. The normalized spacial score (nSPS) is 31.0. The Morgan fingerprint density at radius 3 is 2.42 bits per heavy atom. The molecule has 0 amide bonds. The van der Waals surface area contributed by atoms with Crippen LogP contribution in [-0.2, 0) is 0 Å². The standard InChI is InChI=1S/C9H21N3/c1-10-11-8-6-4-5-7-9(8)12(2)3/h8-11H,4-7H2,1-3H3. The Kier molecular flexibility index (Phi) is 3.98. The molecule has 3 nitrogen and oxygen atoms in total. The van der Waals surface area contributed by atoms with Crippen molar-refractivity contribution in [3.8, 4) is 0 Å². The molecule has 1 aliphatic carbocycles. The Bertz CT molecular complexity index is 123. The van der Waals surface area contributed by atoms with Crippen molar-refractivity contribution in [3.63, 3.8) is 0 Å². The maximum atomic E-state index is 3.32. The van der Waals surface area contributed by atoms with Crippen LogP contribution in [0.25, 0.3) is 0 Å². The van der Waals surface area contributed by atoms with Crippen LogP contribution < -0.4 is 10.9 Å². The Labute approximate surface area is 75.5 Å². The van der Waals surface area contributed by atoms with E-state index in [9.17, 15) is 0 Å². The largest absolute Gasteiger partial charge is 0.305 e. The third-order valence-electron chi connectivity index (χ3n) is 2.72. The maximum absolute atomic E-state index is 3.32. The molecule has 0 aromatic carbocycles. The molecule has 0 aliphatic heterocycles. The summed E-state index contributed by atoms with van der Waals surface area (Å²) in [7, 11) is 6.28. The summed E-state index contributed by atoms with van der Waals surface area (Å²) >= 11 is 0. The van der Waals surface area contributed by atoms with E-state index in [2.05, 4.69) is 29.8 Å². The Hall–Kier alpha value is -0.120. The summed E-state index contributed by atoms with van der Waals surface area (Å²) in [6, 6.07) is 1.32. The van der Waals surface area contributed by atoms with Gasteiger partial charge in [0.1, 0.15) is 0 Å². The van der Waals surface area contributed by atoms with E-state index in [-0.39, 0.29) is 0 Å². The molecule has 12 heavy (non-hydrogen) atoms. The van der Waals surface area contributed by atoms with Gasteiger partial charge in [0.05, 0.1) is 0 Å². The molecule has 0 saturated heterocycles. The van der Waals surface area contributed by atoms with Crippen LogP contribution in [-0.4, -0.2) is 38.1 Å². The van der Waals surface area contributed by atoms with Crippen molar-refractivity contribution >= 4 is 0 Å². The van der Waals surface area contributed by atoms with Gasteiger partial charge in [-0.15, -0.1) is 0 Å². The van der Waals surface area contributed by atoms with Gasteiger partial charge in [-0.25, -0.2) is 0 Å². The molecule has 72 valence electrons. The lowest BCUT2D eigenvalue weighted by atomic mass is 9.90. The molecule has 3 heteroatoms. The van der Waals surface area contributed by atoms with Crippen LogP contribution in [0.1, 0.15) is 25.7 Å². The SMILES string of the molecule is CNNC1CCCCC1N(C)C. The number of hydrazine groups is 1. The number of nitrogens with one attached hydrogen (secondary N) is 2. The maximum Gasteiger partial charge on any atom is 0.0368 e. The second kappa shape index (κ2) is 4.80. The fourth-order valence-corrected chi connectivity index (χ4v) is 2.08. The van der Waals surface area contributed by atoms with Crippen molar-refractivity contribution in [1.82, 2.24) is 15.8 Å². The summed E-state index contributed by atoms with van der Waals surface area (Å²) in [6.07, 6.45) is 5.37. The van der Waals surface area contributed by atoms with Gasteiger partial charge < -0.3 is 4.90 Å². The molecule has 2 N–H and O–H groups in total. The van der Waals surface area contributed by atoms with E-state index in [1.807, 2.05) is 7.05 Å². The quantitative estimate of drug-likeness (QED) is 0.608. The molecule has 0 heterocycles. The summed E-state index contributed by atoms with van der Waals surface area (Å²) in [6.45, 7) is 0. The number of hydrogen-bond acceptors (Lipinski definition) is 3. The third-order valence-corrected chi connectivity index (χ3v) is 2.72. The molecule has 2 atom stereocenters. The van der Waals surface area contributed by atoms with Crippen LogP contribution >= 0.6 is 0 Å². The number of likely N-dealkylation sites (N-methyl/N-ethyl adjacent to an activating group) is 1. The lowest BCUT2D eigenvalue weighted by Gasteiger charge is -2.36. The molecule has 0 bridgehead atoms. The minimum Gasteiger partial charge on any atom is -0.305 e. The van der Waals surface area contributed by atoms with Gasteiger partial charge in [-0.3, -0.25) is 10.9 Å². The van der Waals surface area contributed by atoms with Crippen molar-refractivity contribution in [1.29, 1.82) is 0 Å². The molecular weight excluding hydrogens is 150 g/mol. The lowest BCUT2D eigenvalue weighted by molar-refractivity contribution is 0.168. The van der Waals surface area contributed by atoms with E-state index < -0.39 is 0 Å². The highest BCUT2D eigenvalue weighted by molar-refractivity contribution is 4.84. The van der Waals surface area contributed by atoms with Gasteiger partial charge in [-0.1, -0.05) is 12.8 Å². The van der Waals surface area contributed by atoms with Crippen LogP contribution in [0.4, 0.5) is 0 Å². The molecule has 1 aliphatic rings. The fraction of sp³-hybridized carbons (Fsp3) is 1.00. The van der Waals surface area contributed by atoms with E-state index in [4.69, 9.17) is 0 Å². The summed E-state index contributed by atoms with van der Waals surface area (Å²) in [5.74, 6) is 0. The average Bonchev–Trinajstić information content (AvgIpc) is 2.05. The first-order valence-corrected chi connectivity index (χ1v) is 4.84. The van der Waals surface area contributed by atoms with Crippen molar-refractivity contribution in [3.05, 3.63) is 0 Å². The van der Waals surface area contributed by atoms with Gasteiger partial charge in [0.25, 0.3) is 0 Å². The van der Waals surface area contributed by atoms with Crippen LogP contribution in [0.2, 0.25) is 0 Å². The van der Waals surface area contributed by atoms with Gasteiger partial charge in [-0.2, -0.15) is 0 Å². The molecule has 1 saturated carbocycles. The zero-order valence-corrected chi connectivity index (χ0v) is 8.43. The second-order valence-corrected chi connectivity index (χ2v) is 3.82. The Morgan fingerprint density at radius 1 is 1.17 bits per heavy atom. The van der Waals surface area contributed by atoms with Gasteiger partial charge in [0, 0.05) is 12.1 Å². The van der Waals surface area contributed by atoms with Crippen molar-refractivity contribution in [2.45, 2.75) is 37.8 Å². The molecular formula is C9H21N3. The van der Waals surface area contributed by atoms with Crippen LogP contribution in [0.5, 0.6) is 0 Å². The van der Waals surface area contributed by atoms with Crippen molar-refractivity contribution in [2.24, 2.45) is 0 Å². The Balaban J connectivity index is 2.42. The van der Waals surface area contributed by atoms with Gasteiger partial charge in [0.15, 0.2) is 0 Å². The second-order valence-electron chi connectivity index (χ2n) is 3.82. The number of rotatable bonds is 3. The topological polar surface area (TPSA) is 27.3 Å².